The summed E-state index contributed by atoms with van der Waals surface area (Å²) in [5.74, 6) is -0.298. The predicted octanol–water partition coefficient (Wildman–Crippen LogP) is 5.63. The maximum absolute atomic E-state index is 13.3. The van der Waals surface area contributed by atoms with Crippen LogP contribution in [0.5, 0.6) is 11.5 Å². The van der Waals surface area contributed by atoms with Crippen molar-refractivity contribution in [2.24, 2.45) is 17.1 Å². The molecule has 0 spiro atoms. The first-order valence-electron chi connectivity index (χ1n) is 12.9. The fourth-order valence-corrected chi connectivity index (χ4v) is 3.92. The Morgan fingerprint density at radius 3 is 2.58 bits per heavy atom. The van der Waals surface area contributed by atoms with Gasteiger partial charge in [-0.1, -0.05) is 26.8 Å². The predicted molar refractivity (Wildman–Crippen MR) is 140 cm³/mol. The number of carbonyl (C=O) groups excluding carboxylic acids is 2. The molecule has 1 fully saturated rings. The molecule has 1 aliphatic rings. The molecule has 3 N–H and O–H groups in total. The fourth-order valence-electron chi connectivity index (χ4n) is 3.92. The highest BCUT2D eigenvalue weighted by Gasteiger charge is 2.33. The molecule has 0 saturated heterocycles. The second-order valence-corrected chi connectivity index (χ2v) is 10.7. The Balaban J connectivity index is 1.71. The molecule has 40 heavy (non-hydrogen) atoms. The van der Waals surface area contributed by atoms with Crippen LogP contribution in [0.2, 0.25) is 0 Å². The maximum Gasteiger partial charge on any atom is 0.405 e. The zero-order valence-electron chi connectivity index (χ0n) is 22.5. The van der Waals surface area contributed by atoms with Gasteiger partial charge >= 0.3 is 12.7 Å². The lowest BCUT2D eigenvalue weighted by atomic mass is 9.88. The van der Waals surface area contributed by atoms with Crippen LogP contribution < -0.4 is 20.5 Å². The average Bonchev–Trinajstić information content (AvgIpc) is 3.61. The summed E-state index contributed by atoms with van der Waals surface area (Å²) >= 11 is 0. The van der Waals surface area contributed by atoms with E-state index in [-0.39, 0.29) is 47.2 Å². The molecule has 2 amide bonds. The second kappa shape index (κ2) is 12.3. The van der Waals surface area contributed by atoms with Crippen molar-refractivity contribution in [3.05, 3.63) is 59.7 Å². The highest BCUT2D eigenvalue weighted by molar-refractivity contribution is 5.94. The number of nitrogens with two attached hydrogens (primary N) is 1. The molecular formula is C28H32F2N4O6. The number of hydrogen-bond donors (Lipinski definition) is 2. The summed E-state index contributed by atoms with van der Waals surface area (Å²) in [5.41, 5.74) is 5.83. The summed E-state index contributed by atoms with van der Waals surface area (Å²) in [6.07, 6.45) is 1.80. The van der Waals surface area contributed by atoms with E-state index >= 15 is 0 Å². The minimum Gasteiger partial charge on any atom is -0.489 e. The van der Waals surface area contributed by atoms with Crippen LogP contribution >= 0.6 is 0 Å². The van der Waals surface area contributed by atoms with E-state index in [1.165, 1.54) is 18.2 Å². The van der Waals surface area contributed by atoms with E-state index in [0.29, 0.717) is 23.8 Å². The first kappa shape index (κ1) is 28.8. The number of carbonyl (C=O) groups is 2. The lowest BCUT2D eigenvalue weighted by Gasteiger charge is -2.24. The number of ether oxygens (including phenoxy) is 3. The molecule has 0 unspecified atom stereocenters. The van der Waals surface area contributed by atoms with Crippen LogP contribution in [0.4, 0.5) is 13.6 Å². The molecule has 1 saturated carbocycles. The third-order valence-electron chi connectivity index (χ3n) is 5.95. The molecule has 10 nitrogen and oxygen atoms in total. The number of amides is 2. The van der Waals surface area contributed by atoms with Crippen molar-refractivity contribution in [3.63, 3.8) is 0 Å². The maximum atomic E-state index is 13.3. The number of oxazole rings is 1. The number of hydrogen-bond acceptors (Lipinski definition) is 8. The molecule has 1 aliphatic carbocycles. The number of alkyl halides is 2. The molecule has 12 heteroatoms. The van der Waals surface area contributed by atoms with Crippen LogP contribution in [0.1, 0.15) is 68.1 Å². The molecule has 1 atom stereocenters. The van der Waals surface area contributed by atoms with E-state index in [1.807, 2.05) is 20.8 Å². The first-order chi connectivity index (χ1) is 19.0. The van der Waals surface area contributed by atoms with Crippen LogP contribution in [0, 0.1) is 11.3 Å². The number of pyridine rings is 1. The van der Waals surface area contributed by atoms with Crippen LogP contribution in [-0.2, 0) is 11.3 Å². The number of nitrogens with zero attached hydrogens (tertiary/aromatic N) is 2. The minimum atomic E-state index is -3.04. The summed E-state index contributed by atoms with van der Waals surface area (Å²) in [5, 5.41) is 2.75. The fraction of sp³-hybridized carbons (Fsp3) is 0.429. The molecule has 1 aromatic carbocycles. The van der Waals surface area contributed by atoms with Gasteiger partial charge in [-0.15, -0.1) is 0 Å². The summed E-state index contributed by atoms with van der Waals surface area (Å²) in [6, 6.07) is 9.53. The topological polar surface area (TPSA) is 139 Å². The van der Waals surface area contributed by atoms with Gasteiger partial charge in [0, 0.05) is 11.8 Å². The lowest BCUT2D eigenvalue weighted by molar-refractivity contribution is -0.0515. The molecule has 2 aromatic heterocycles. The van der Waals surface area contributed by atoms with E-state index in [4.69, 9.17) is 19.6 Å². The number of primary amides is 1. The standard InChI is InChI=1S/C28H32F2N4O6/c1-28(2,3)13-21(39-27(31)36)23-22(24(35)33-14-18-6-4-5-11-32-18)34-25(40-23)17-9-10-19(38-26(29)30)20(12-17)37-15-16-7-8-16/h4-6,9-12,16,21,26H,7-8,13-15H2,1-3H3,(H2,31,36)(H,33,35)/t21-/m0/s1. The van der Waals surface area contributed by atoms with Gasteiger partial charge in [0.1, 0.15) is 0 Å². The zero-order chi connectivity index (χ0) is 28.9. The molecule has 4 rings (SSSR count). The van der Waals surface area contributed by atoms with Gasteiger partial charge in [0.15, 0.2) is 29.1 Å². The van der Waals surface area contributed by atoms with Crippen LogP contribution in [-0.4, -0.2) is 35.2 Å². The normalized spacial score (nSPS) is 14.1. The Hall–Kier alpha value is -4.22. The molecule has 0 aliphatic heterocycles. The van der Waals surface area contributed by atoms with E-state index in [2.05, 4.69) is 20.0 Å². The summed E-state index contributed by atoms with van der Waals surface area (Å²) < 4.78 is 47.8. The number of benzene rings is 1. The molecule has 3 aromatic rings. The Morgan fingerprint density at radius 2 is 1.95 bits per heavy atom. The monoisotopic (exact) mass is 558 g/mol. The lowest BCUT2D eigenvalue weighted by Crippen LogP contribution is -2.27. The third-order valence-corrected chi connectivity index (χ3v) is 5.95. The van der Waals surface area contributed by atoms with E-state index < -0.39 is 24.7 Å². The van der Waals surface area contributed by atoms with Gasteiger partial charge in [0.05, 0.1) is 18.8 Å². The van der Waals surface area contributed by atoms with Crippen LogP contribution in [0.25, 0.3) is 11.5 Å². The largest absolute Gasteiger partial charge is 0.489 e. The Morgan fingerprint density at radius 1 is 1.18 bits per heavy atom. The van der Waals surface area contributed by atoms with Gasteiger partial charge in [0.2, 0.25) is 5.89 Å². The average molecular weight is 559 g/mol. The molecule has 2 heterocycles. The van der Waals surface area contributed by atoms with Crippen LogP contribution in [0.3, 0.4) is 0 Å². The minimum absolute atomic E-state index is 0.00407. The van der Waals surface area contributed by atoms with Crippen molar-refractivity contribution in [1.29, 1.82) is 0 Å². The summed E-state index contributed by atoms with van der Waals surface area (Å²) in [6.45, 7) is 3.19. The van der Waals surface area contributed by atoms with Crippen molar-refractivity contribution in [2.45, 2.75) is 59.3 Å². The first-order valence-corrected chi connectivity index (χ1v) is 12.9. The van der Waals surface area contributed by atoms with Gasteiger partial charge in [0.25, 0.3) is 5.91 Å². The zero-order valence-corrected chi connectivity index (χ0v) is 22.5. The van der Waals surface area contributed by atoms with E-state index in [9.17, 15) is 18.4 Å². The van der Waals surface area contributed by atoms with Crippen LogP contribution in [0.15, 0.2) is 47.0 Å². The van der Waals surface area contributed by atoms with Gasteiger partial charge < -0.3 is 29.7 Å². The van der Waals surface area contributed by atoms with Crippen molar-refractivity contribution in [3.8, 4) is 23.0 Å². The van der Waals surface area contributed by atoms with Crippen molar-refractivity contribution in [1.82, 2.24) is 15.3 Å². The highest BCUT2D eigenvalue weighted by Crippen LogP contribution is 2.39. The van der Waals surface area contributed by atoms with Gasteiger partial charge in [-0.2, -0.15) is 8.78 Å². The van der Waals surface area contributed by atoms with Crippen molar-refractivity contribution < 1.29 is 37.0 Å². The highest BCUT2D eigenvalue weighted by atomic mass is 19.3. The van der Waals surface area contributed by atoms with Gasteiger partial charge in [-0.3, -0.25) is 9.78 Å². The third kappa shape index (κ3) is 8.14. The van der Waals surface area contributed by atoms with E-state index in [1.54, 1.807) is 24.4 Å². The van der Waals surface area contributed by atoms with Gasteiger partial charge in [-0.25, -0.2) is 9.78 Å². The van der Waals surface area contributed by atoms with Crippen molar-refractivity contribution in [2.75, 3.05) is 6.61 Å². The Labute approximate surface area is 230 Å². The smallest absolute Gasteiger partial charge is 0.405 e. The Bertz CT molecular complexity index is 1320. The second-order valence-electron chi connectivity index (χ2n) is 10.7. The van der Waals surface area contributed by atoms with E-state index in [0.717, 1.165) is 12.8 Å². The quantitative estimate of drug-likeness (QED) is 0.292. The van der Waals surface area contributed by atoms with Crippen molar-refractivity contribution >= 4 is 12.0 Å². The molecule has 214 valence electrons. The Kier molecular flexibility index (Phi) is 8.86. The number of nitrogens with one attached hydrogen (secondary N) is 1. The van der Waals surface area contributed by atoms with Gasteiger partial charge in [-0.05, 0) is 60.9 Å². The molecular weight excluding hydrogens is 526 g/mol. The SMILES string of the molecule is CC(C)(C)C[C@H](OC(N)=O)c1oc(-c2ccc(OC(F)F)c(OCC3CC3)c2)nc1C(=O)NCc1ccccn1. The number of rotatable bonds is 12. The number of aromatic nitrogens is 2. The summed E-state index contributed by atoms with van der Waals surface area (Å²) in [4.78, 5) is 33.7. The summed E-state index contributed by atoms with van der Waals surface area (Å²) in [7, 11) is 0. The number of halogens is 2. The molecule has 0 radical (unpaired) electrons. The molecule has 0 bridgehead atoms.